The normalized spacial score (nSPS) is 10.8. The third-order valence-electron chi connectivity index (χ3n) is 3.31. The van der Waals surface area contributed by atoms with E-state index in [1.807, 2.05) is 0 Å². The fraction of sp³-hybridized carbons (Fsp3) is 0.412. The zero-order valence-corrected chi connectivity index (χ0v) is 17.4. The summed E-state index contributed by atoms with van der Waals surface area (Å²) in [6, 6.07) is 8.13. The van der Waals surface area contributed by atoms with Gasteiger partial charge in [-0.2, -0.15) is 0 Å². The van der Waals surface area contributed by atoms with Gasteiger partial charge < -0.3 is 5.32 Å². The number of urea groups is 1. The number of carbonyl (C=O) groups excluding carboxylic acids is 2. The van der Waals surface area contributed by atoms with Crippen molar-refractivity contribution in [1.29, 1.82) is 0 Å². The van der Waals surface area contributed by atoms with E-state index in [9.17, 15) is 9.59 Å². The Morgan fingerprint density at radius 2 is 1.77 bits per heavy atom. The second-order valence-corrected chi connectivity index (χ2v) is 9.14. The molecule has 0 spiro atoms. The van der Waals surface area contributed by atoms with Crippen molar-refractivity contribution in [3.8, 4) is 0 Å². The predicted octanol–water partition coefficient (Wildman–Crippen LogP) is 3.89. The Morgan fingerprint density at radius 1 is 1.12 bits per heavy atom. The lowest BCUT2D eigenvalue weighted by molar-refractivity contribution is -0.117. The molecule has 0 radical (unpaired) electrons. The predicted molar refractivity (Wildman–Crippen MR) is 108 cm³/mol. The molecule has 6 nitrogen and oxygen atoms in total. The molecule has 0 bridgehead atoms. The zero-order valence-electron chi connectivity index (χ0n) is 14.9. The van der Waals surface area contributed by atoms with Gasteiger partial charge in [-0.05, 0) is 24.0 Å². The van der Waals surface area contributed by atoms with Crippen LogP contribution in [0.4, 0.5) is 4.79 Å². The topological polar surface area (TPSA) is 84.0 Å². The number of nitrogens with zero attached hydrogens (tertiary/aromatic N) is 2. The van der Waals surface area contributed by atoms with E-state index in [1.54, 1.807) is 18.7 Å². The first-order chi connectivity index (χ1) is 12.5. The van der Waals surface area contributed by atoms with Gasteiger partial charge in [0.25, 0.3) is 0 Å². The molecule has 1 aromatic carbocycles. The number of thioether (sulfide) groups is 2. The molecular formula is C17H22N4O2S3. The quantitative estimate of drug-likeness (QED) is 0.642. The van der Waals surface area contributed by atoms with Crippen molar-refractivity contribution in [2.45, 2.75) is 41.1 Å². The van der Waals surface area contributed by atoms with Gasteiger partial charge in [-0.3, -0.25) is 10.1 Å². The smallest absolute Gasteiger partial charge is 0.321 e. The van der Waals surface area contributed by atoms with E-state index < -0.39 is 6.03 Å². The van der Waals surface area contributed by atoms with Gasteiger partial charge in [0.05, 0.1) is 5.75 Å². The molecule has 0 fully saturated rings. The van der Waals surface area contributed by atoms with Gasteiger partial charge >= 0.3 is 6.03 Å². The number of aromatic nitrogens is 2. The van der Waals surface area contributed by atoms with Crippen LogP contribution in [0.1, 0.15) is 37.8 Å². The van der Waals surface area contributed by atoms with Gasteiger partial charge in [0.2, 0.25) is 5.91 Å². The standard InChI is InChI=1S/C17H22N4O2S3/c1-4-18-15(23)19-14(22)10-25-17-21-20-16(26-17)24-9-12-5-7-13(8-6-12)11(2)3/h5-8,11H,4,9-10H2,1-3H3,(H2,18,19,22,23). The Hall–Kier alpha value is -1.58. The Balaban J connectivity index is 1.76. The van der Waals surface area contributed by atoms with Crippen LogP contribution in [0.3, 0.4) is 0 Å². The Kier molecular flexibility index (Phi) is 8.40. The minimum absolute atomic E-state index is 0.132. The molecule has 26 heavy (non-hydrogen) atoms. The average molecular weight is 411 g/mol. The summed E-state index contributed by atoms with van der Waals surface area (Å²) in [5, 5.41) is 13.0. The number of imide groups is 1. The highest BCUT2D eigenvalue weighted by Gasteiger charge is 2.11. The van der Waals surface area contributed by atoms with Crippen molar-refractivity contribution in [3.63, 3.8) is 0 Å². The van der Waals surface area contributed by atoms with Gasteiger partial charge in [-0.15, -0.1) is 10.2 Å². The maximum atomic E-state index is 11.7. The first-order valence-corrected chi connectivity index (χ1v) is 11.0. The van der Waals surface area contributed by atoms with Gasteiger partial charge in [0.1, 0.15) is 0 Å². The number of amides is 3. The van der Waals surface area contributed by atoms with Crippen LogP contribution in [0.5, 0.6) is 0 Å². The molecule has 0 aliphatic carbocycles. The average Bonchev–Trinajstić information content (AvgIpc) is 3.06. The Bertz CT molecular complexity index is 732. The minimum Gasteiger partial charge on any atom is -0.338 e. The number of benzene rings is 1. The van der Waals surface area contributed by atoms with Crippen LogP contribution in [0.15, 0.2) is 32.9 Å². The summed E-state index contributed by atoms with van der Waals surface area (Å²) in [6.07, 6.45) is 0. The van der Waals surface area contributed by atoms with Crippen molar-refractivity contribution in [3.05, 3.63) is 35.4 Å². The van der Waals surface area contributed by atoms with Crippen LogP contribution >= 0.6 is 34.9 Å². The van der Waals surface area contributed by atoms with Crippen molar-refractivity contribution < 1.29 is 9.59 Å². The summed E-state index contributed by atoms with van der Waals surface area (Å²) in [7, 11) is 0. The van der Waals surface area contributed by atoms with Gasteiger partial charge in [-0.1, -0.05) is 73.0 Å². The van der Waals surface area contributed by atoms with Crippen LogP contribution in [-0.4, -0.2) is 34.4 Å². The largest absolute Gasteiger partial charge is 0.338 e. The molecule has 0 atom stereocenters. The minimum atomic E-state index is -0.477. The van der Waals surface area contributed by atoms with E-state index in [-0.39, 0.29) is 11.7 Å². The highest BCUT2D eigenvalue weighted by atomic mass is 32.2. The molecule has 2 rings (SSSR count). The van der Waals surface area contributed by atoms with Gasteiger partial charge in [-0.25, -0.2) is 4.79 Å². The molecule has 140 valence electrons. The van der Waals surface area contributed by atoms with Crippen LogP contribution in [0.2, 0.25) is 0 Å². The third kappa shape index (κ3) is 6.97. The molecule has 1 heterocycles. The van der Waals surface area contributed by atoms with E-state index in [2.05, 4.69) is 58.9 Å². The Labute approximate surface area is 165 Å². The maximum Gasteiger partial charge on any atom is 0.321 e. The monoisotopic (exact) mass is 410 g/mol. The number of carbonyl (C=O) groups is 2. The number of nitrogens with one attached hydrogen (secondary N) is 2. The highest BCUT2D eigenvalue weighted by Crippen LogP contribution is 2.30. The van der Waals surface area contributed by atoms with Crippen LogP contribution in [-0.2, 0) is 10.5 Å². The van der Waals surface area contributed by atoms with Crippen molar-refractivity contribution in [2.24, 2.45) is 0 Å². The Morgan fingerprint density at radius 3 is 2.38 bits per heavy atom. The summed E-state index contributed by atoms with van der Waals surface area (Å²) in [5.41, 5.74) is 2.57. The summed E-state index contributed by atoms with van der Waals surface area (Å²) in [4.78, 5) is 22.9. The molecule has 9 heteroatoms. The van der Waals surface area contributed by atoms with E-state index in [4.69, 9.17) is 0 Å². The van der Waals surface area contributed by atoms with Crippen LogP contribution in [0, 0.1) is 0 Å². The molecule has 2 aromatic rings. The molecule has 3 amide bonds. The van der Waals surface area contributed by atoms with Crippen molar-refractivity contribution in [2.75, 3.05) is 12.3 Å². The lowest BCUT2D eigenvalue weighted by Gasteiger charge is -2.06. The summed E-state index contributed by atoms with van der Waals surface area (Å²) in [5.74, 6) is 1.14. The number of rotatable bonds is 8. The van der Waals surface area contributed by atoms with E-state index >= 15 is 0 Å². The third-order valence-corrected chi connectivity index (χ3v) is 6.57. The van der Waals surface area contributed by atoms with E-state index in [1.165, 1.54) is 34.2 Å². The van der Waals surface area contributed by atoms with Gasteiger partial charge in [0.15, 0.2) is 8.68 Å². The fourth-order valence-electron chi connectivity index (χ4n) is 1.95. The second kappa shape index (κ2) is 10.5. The molecule has 0 aliphatic rings. The molecule has 0 unspecified atom stereocenters. The summed E-state index contributed by atoms with van der Waals surface area (Å²) >= 11 is 4.36. The molecular weight excluding hydrogens is 388 g/mol. The highest BCUT2D eigenvalue weighted by molar-refractivity contribution is 8.03. The van der Waals surface area contributed by atoms with Crippen molar-refractivity contribution in [1.82, 2.24) is 20.8 Å². The van der Waals surface area contributed by atoms with E-state index in [0.717, 1.165) is 10.1 Å². The first kappa shape index (κ1) is 20.7. The van der Waals surface area contributed by atoms with Crippen LogP contribution in [0.25, 0.3) is 0 Å². The second-order valence-electron chi connectivity index (χ2n) is 5.72. The number of hydrogen-bond donors (Lipinski definition) is 2. The fourth-order valence-corrected chi connectivity index (χ4v) is 4.73. The summed E-state index contributed by atoms with van der Waals surface area (Å²) < 4.78 is 1.58. The maximum absolute atomic E-state index is 11.7. The lowest BCUT2D eigenvalue weighted by Crippen LogP contribution is -2.40. The summed E-state index contributed by atoms with van der Waals surface area (Å²) in [6.45, 7) is 6.63. The molecule has 0 saturated carbocycles. The zero-order chi connectivity index (χ0) is 18.9. The lowest BCUT2D eigenvalue weighted by atomic mass is 10.0. The number of hydrogen-bond acceptors (Lipinski definition) is 7. The van der Waals surface area contributed by atoms with Gasteiger partial charge in [0, 0.05) is 12.3 Å². The van der Waals surface area contributed by atoms with Crippen molar-refractivity contribution >= 4 is 46.8 Å². The SMILES string of the molecule is CCNC(=O)NC(=O)CSc1nnc(SCc2ccc(C(C)C)cc2)s1. The molecule has 1 aromatic heterocycles. The molecule has 2 N–H and O–H groups in total. The molecule has 0 saturated heterocycles. The molecule has 0 aliphatic heterocycles. The van der Waals surface area contributed by atoms with Crippen LogP contribution < -0.4 is 10.6 Å². The first-order valence-electron chi connectivity index (χ1n) is 8.23. The van der Waals surface area contributed by atoms with E-state index in [0.29, 0.717) is 16.8 Å².